The lowest BCUT2D eigenvalue weighted by Gasteiger charge is -2.17. The van der Waals surface area contributed by atoms with Gasteiger partial charge in [-0.25, -0.2) is 9.97 Å². The van der Waals surface area contributed by atoms with Gasteiger partial charge < -0.3 is 16.4 Å². The number of aromatic nitrogens is 2. The molecule has 1 aromatic rings. The smallest absolute Gasteiger partial charge is 0.157 e. The molecule has 1 aromatic heterocycles. The van der Waals surface area contributed by atoms with Gasteiger partial charge >= 0.3 is 0 Å². The molecule has 5 heteroatoms. The van der Waals surface area contributed by atoms with E-state index in [1.165, 1.54) is 6.33 Å². The van der Waals surface area contributed by atoms with Crippen molar-refractivity contribution in [1.82, 2.24) is 9.97 Å². The maximum atomic E-state index is 5.67. The second-order valence-electron chi connectivity index (χ2n) is 2.51. The molecule has 0 saturated carbocycles. The van der Waals surface area contributed by atoms with Crippen molar-refractivity contribution in [2.75, 3.05) is 30.0 Å². The van der Waals surface area contributed by atoms with Crippen LogP contribution < -0.4 is 16.4 Å². The Morgan fingerprint density at radius 2 is 2.08 bits per heavy atom. The van der Waals surface area contributed by atoms with Crippen LogP contribution in [0.15, 0.2) is 6.33 Å². The summed E-state index contributed by atoms with van der Waals surface area (Å²) in [6, 6.07) is 0. The Hall–Kier alpha value is -1.52. The molecule has 0 fully saturated rings. The molecule has 5 nitrogen and oxygen atoms in total. The third-order valence-corrected chi connectivity index (χ3v) is 1.73. The Morgan fingerprint density at radius 1 is 1.42 bits per heavy atom. The van der Waals surface area contributed by atoms with Crippen molar-refractivity contribution in [2.24, 2.45) is 0 Å². The van der Waals surface area contributed by atoms with Crippen molar-refractivity contribution in [1.29, 1.82) is 0 Å². The average Bonchev–Trinajstić information content (AvgIpc) is 2.08. The molecule has 66 valence electrons. The summed E-state index contributed by atoms with van der Waals surface area (Å²) >= 11 is 0. The number of hydrogen-bond donors (Lipinski definition) is 2. The normalized spacial score (nSPS) is 9.83. The van der Waals surface area contributed by atoms with Gasteiger partial charge in [-0.3, -0.25) is 0 Å². The van der Waals surface area contributed by atoms with Gasteiger partial charge in [-0.1, -0.05) is 0 Å². The maximum Gasteiger partial charge on any atom is 0.157 e. The first-order valence-electron chi connectivity index (χ1n) is 3.74. The zero-order chi connectivity index (χ0) is 9.14. The van der Waals surface area contributed by atoms with Gasteiger partial charge in [0.2, 0.25) is 0 Å². The highest BCUT2D eigenvalue weighted by Crippen LogP contribution is 2.21. The fourth-order valence-corrected chi connectivity index (χ4v) is 0.853. The summed E-state index contributed by atoms with van der Waals surface area (Å²) in [4.78, 5) is 9.70. The first-order valence-corrected chi connectivity index (χ1v) is 3.74. The molecule has 4 N–H and O–H groups in total. The van der Waals surface area contributed by atoms with Gasteiger partial charge in [-0.15, -0.1) is 0 Å². The van der Waals surface area contributed by atoms with Crippen LogP contribution in [0.4, 0.5) is 17.3 Å². The number of nitrogen functional groups attached to an aromatic ring is 2. The van der Waals surface area contributed by atoms with Crippen molar-refractivity contribution in [3.05, 3.63) is 6.33 Å². The van der Waals surface area contributed by atoms with E-state index in [0.29, 0.717) is 17.3 Å². The zero-order valence-corrected chi connectivity index (χ0v) is 7.28. The second kappa shape index (κ2) is 3.25. The molecule has 0 radical (unpaired) electrons. The Morgan fingerprint density at radius 3 is 2.67 bits per heavy atom. The Balaban J connectivity index is 3.07. The molecular weight excluding hydrogens is 154 g/mol. The number of anilines is 3. The summed E-state index contributed by atoms with van der Waals surface area (Å²) in [6.07, 6.45) is 1.41. The summed E-state index contributed by atoms with van der Waals surface area (Å²) in [7, 11) is 1.90. The van der Waals surface area contributed by atoms with Crippen LogP contribution in [0.2, 0.25) is 0 Å². The first kappa shape index (κ1) is 8.58. The highest BCUT2D eigenvalue weighted by molar-refractivity contribution is 5.72. The molecule has 0 aliphatic heterocycles. The van der Waals surface area contributed by atoms with Crippen LogP contribution in [0.3, 0.4) is 0 Å². The fraction of sp³-hybridized carbons (Fsp3) is 0.429. The van der Waals surface area contributed by atoms with Gasteiger partial charge in [0.25, 0.3) is 0 Å². The highest BCUT2D eigenvalue weighted by Gasteiger charge is 2.07. The van der Waals surface area contributed by atoms with Crippen molar-refractivity contribution >= 4 is 17.3 Å². The van der Waals surface area contributed by atoms with Gasteiger partial charge in [-0.2, -0.15) is 0 Å². The van der Waals surface area contributed by atoms with Crippen LogP contribution >= 0.6 is 0 Å². The summed E-state index contributed by atoms with van der Waals surface area (Å²) < 4.78 is 0. The highest BCUT2D eigenvalue weighted by atomic mass is 15.2. The quantitative estimate of drug-likeness (QED) is 0.652. The van der Waals surface area contributed by atoms with Crippen LogP contribution in [0.1, 0.15) is 6.92 Å². The van der Waals surface area contributed by atoms with Crippen LogP contribution in [0.5, 0.6) is 0 Å². The Labute approximate surface area is 71.4 Å². The van der Waals surface area contributed by atoms with Crippen LogP contribution in [0.25, 0.3) is 0 Å². The molecule has 0 aromatic carbocycles. The molecule has 0 aliphatic rings. The van der Waals surface area contributed by atoms with Crippen LogP contribution in [0, 0.1) is 0 Å². The molecule has 12 heavy (non-hydrogen) atoms. The van der Waals surface area contributed by atoms with Crippen LogP contribution in [-0.2, 0) is 0 Å². The lowest BCUT2D eigenvalue weighted by Crippen LogP contribution is -2.19. The second-order valence-corrected chi connectivity index (χ2v) is 2.51. The van der Waals surface area contributed by atoms with Gasteiger partial charge in [0, 0.05) is 13.6 Å². The lowest BCUT2D eigenvalue weighted by molar-refractivity contribution is 0.933. The van der Waals surface area contributed by atoms with Gasteiger partial charge in [0.15, 0.2) is 11.6 Å². The van der Waals surface area contributed by atoms with Gasteiger partial charge in [0.1, 0.15) is 12.0 Å². The number of nitrogens with two attached hydrogens (primary N) is 2. The number of rotatable bonds is 2. The molecule has 0 saturated heterocycles. The summed E-state index contributed by atoms with van der Waals surface area (Å²) in [5.74, 6) is 1.02. The molecule has 0 unspecified atom stereocenters. The number of hydrogen-bond acceptors (Lipinski definition) is 5. The summed E-state index contributed by atoms with van der Waals surface area (Å²) in [5.41, 5.74) is 11.6. The average molecular weight is 167 g/mol. The molecule has 1 rings (SSSR count). The van der Waals surface area contributed by atoms with E-state index in [9.17, 15) is 0 Å². The standard InChI is InChI=1S/C7H13N5/c1-3-12(2)7-5(8)6(9)10-4-11-7/h4H,3,8H2,1-2H3,(H2,9,10,11). The van der Waals surface area contributed by atoms with Crippen LogP contribution in [-0.4, -0.2) is 23.6 Å². The van der Waals surface area contributed by atoms with E-state index in [4.69, 9.17) is 11.5 Å². The molecule has 0 aliphatic carbocycles. The maximum absolute atomic E-state index is 5.67. The lowest BCUT2D eigenvalue weighted by atomic mass is 10.4. The predicted octanol–water partition coefficient (Wildman–Crippen LogP) is 0.0971. The van der Waals surface area contributed by atoms with Gasteiger partial charge in [-0.05, 0) is 6.92 Å². The van der Waals surface area contributed by atoms with Crippen molar-refractivity contribution in [3.8, 4) is 0 Å². The predicted molar refractivity (Wildman–Crippen MR) is 49.8 cm³/mol. The molecular formula is C7H13N5. The summed E-state index contributed by atoms with van der Waals surface area (Å²) in [6.45, 7) is 2.85. The minimum Gasteiger partial charge on any atom is -0.393 e. The number of nitrogens with zero attached hydrogens (tertiary/aromatic N) is 3. The van der Waals surface area contributed by atoms with E-state index in [1.54, 1.807) is 0 Å². The third kappa shape index (κ3) is 1.39. The summed E-state index contributed by atoms with van der Waals surface area (Å²) in [5, 5.41) is 0. The van der Waals surface area contributed by atoms with E-state index < -0.39 is 0 Å². The van der Waals surface area contributed by atoms with E-state index in [1.807, 2.05) is 18.9 Å². The van der Waals surface area contributed by atoms with E-state index in [-0.39, 0.29) is 0 Å². The van der Waals surface area contributed by atoms with Crippen molar-refractivity contribution in [2.45, 2.75) is 6.92 Å². The topological polar surface area (TPSA) is 81.1 Å². The molecule has 0 spiro atoms. The van der Waals surface area contributed by atoms with E-state index in [0.717, 1.165) is 6.54 Å². The largest absolute Gasteiger partial charge is 0.393 e. The molecule has 1 heterocycles. The first-order chi connectivity index (χ1) is 5.66. The van der Waals surface area contributed by atoms with Gasteiger partial charge in [0.05, 0.1) is 0 Å². The minimum absolute atomic E-state index is 0.334. The molecule has 0 amide bonds. The Bertz CT molecular complexity index is 272. The zero-order valence-electron chi connectivity index (χ0n) is 7.28. The van der Waals surface area contributed by atoms with E-state index >= 15 is 0 Å². The van der Waals surface area contributed by atoms with Crippen molar-refractivity contribution in [3.63, 3.8) is 0 Å². The minimum atomic E-state index is 0.334. The van der Waals surface area contributed by atoms with E-state index in [2.05, 4.69) is 9.97 Å². The fourth-order valence-electron chi connectivity index (χ4n) is 0.853. The Kier molecular flexibility index (Phi) is 2.32. The third-order valence-electron chi connectivity index (χ3n) is 1.73. The monoisotopic (exact) mass is 167 g/mol. The molecule has 0 bridgehead atoms. The molecule has 0 atom stereocenters. The van der Waals surface area contributed by atoms with Crippen molar-refractivity contribution < 1.29 is 0 Å². The SMILES string of the molecule is CCN(C)c1ncnc(N)c1N.